The summed E-state index contributed by atoms with van der Waals surface area (Å²) >= 11 is 0. The van der Waals surface area contributed by atoms with Crippen LogP contribution in [0.25, 0.3) is 0 Å². The molecule has 5 nitrogen and oxygen atoms in total. The molecule has 0 bridgehead atoms. The fourth-order valence-electron chi connectivity index (χ4n) is 3.28. The van der Waals surface area contributed by atoms with Crippen LogP contribution in [-0.2, 0) is 16.4 Å². The van der Waals surface area contributed by atoms with Crippen molar-refractivity contribution >= 4 is 15.8 Å². The average Bonchev–Trinajstić information content (AvgIpc) is 2.72. The van der Waals surface area contributed by atoms with Crippen molar-refractivity contribution in [3.63, 3.8) is 0 Å². The smallest absolute Gasteiger partial charge is 0.214 e. The molecule has 0 saturated carbocycles. The lowest BCUT2D eigenvalue weighted by atomic mass is 10.1. The maximum Gasteiger partial charge on any atom is 0.214 e. The molecule has 0 aromatic heterocycles. The van der Waals surface area contributed by atoms with Crippen molar-refractivity contribution in [3.05, 3.63) is 71.8 Å². The van der Waals surface area contributed by atoms with E-state index in [4.69, 9.17) is 0 Å². The third-order valence-electron chi connectivity index (χ3n) is 4.97. The Morgan fingerprint density at radius 3 is 2.07 bits per heavy atom. The third kappa shape index (κ3) is 5.73. The number of benzene rings is 2. The van der Waals surface area contributed by atoms with E-state index >= 15 is 0 Å². The van der Waals surface area contributed by atoms with Crippen molar-refractivity contribution in [2.75, 3.05) is 38.5 Å². The summed E-state index contributed by atoms with van der Waals surface area (Å²) in [5, 5.41) is 0. The molecule has 0 radical (unpaired) electrons. The molecule has 1 aliphatic rings. The van der Waals surface area contributed by atoms with Gasteiger partial charge in [0.25, 0.3) is 0 Å². The lowest BCUT2D eigenvalue weighted by Crippen LogP contribution is -2.49. The lowest BCUT2D eigenvalue weighted by molar-refractivity contribution is 0.0952. The van der Waals surface area contributed by atoms with E-state index in [2.05, 4.69) is 4.90 Å². The van der Waals surface area contributed by atoms with Crippen molar-refractivity contribution in [2.24, 2.45) is 0 Å². The van der Waals surface area contributed by atoms with Gasteiger partial charge in [-0.1, -0.05) is 60.7 Å². The maximum atomic E-state index is 12.6. The molecule has 1 heterocycles. The molecule has 0 unspecified atom stereocenters. The predicted molar refractivity (Wildman–Crippen MR) is 107 cm³/mol. The van der Waals surface area contributed by atoms with Gasteiger partial charge in [0.2, 0.25) is 10.0 Å². The summed E-state index contributed by atoms with van der Waals surface area (Å²) in [5.41, 5.74) is 1.78. The number of piperazine rings is 1. The van der Waals surface area contributed by atoms with E-state index in [0.29, 0.717) is 45.6 Å². The summed E-state index contributed by atoms with van der Waals surface area (Å²) in [6.45, 7) is 3.01. The standard InChI is InChI=1S/C21H26N2O3S/c24-21(20-9-5-2-6-10-20)11-13-22-14-16-23(17-15-22)27(25,26)18-12-19-7-3-1-4-8-19/h1-10H,11-18H2. The predicted octanol–water partition coefficient (Wildman–Crippen LogP) is 2.45. The highest BCUT2D eigenvalue weighted by Gasteiger charge is 2.26. The molecule has 3 rings (SSSR count). The Labute approximate surface area is 161 Å². The van der Waals surface area contributed by atoms with E-state index in [1.807, 2.05) is 60.7 Å². The molecule has 1 fully saturated rings. The highest BCUT2D eigenvalue weighted by molar-refractivity contribution is 7.89. The maximum absolute atomic E-state index is 12.6. The number of carbonyl (C=O) groups excluding carboxylic acids is 1. The van der Waals surface area contributed by atoms with Crippen LogP contribution in [0.2, 0.25) is 0 Å². The molecule has 2 aromatic carbocycles. The number of hydrogen-bond donors (Lipinski definition) is 0. The number of sulfonamides is 1. The van der Waals surface area contributed by atoms with E-state index in [-0.39, 0.29) is 11.5 Å². The minimum atomic E-state index is -3.24. The Morgan fingerprint density at radius 1 is 0.852 bits per heavy atom. The van der Waals surface area contributed by atoms with Gasteiger partial charge in [-0.05, 0) is 12.0 Å². The summed E-state index contributed by atoms with van der Waals surface area (Å²) < 4.78 is 26.7. The number of carbonyl (C=O) groups is 1. The molecule has 1 aliphatic heterocycles. The highest BCUT2D eigenvalue weighted by Crippen LogP contribution is 2.12. The van der Waals surface area contributed by atoms with Gasteiger partial charge >= 0.3 is 0 Å². The first kappa shape index (κ1) is 19.7. The number of nitrogens with zero attached hydrogens (tertiary/aromatic N) is 2. The highest BCUT2D eigenvalue weighted by atomic mass is 32.2. The van der Waals surface area contributed by atoms with Crippen LogP contribution in [0.1, 0.15) is 22.3 Å². The van der Waals surface area contributed by atoms with Gasteiger partial charge < -0.3 is 4.90 Å². The Balaban J connectivity index is 1.43. The Bertz CT molecular complexity index is 830. The summed E-state index contributed by atoms with van der Waals surface area (Å²) in [6, 6.07) is 19.0. The second kappa shape index (κ2) is 9.26. The van der Waals surface area contributed by atoms with Crippen molar-refractivity contribution < 1.29 is 13.2 Å². The second-order valence-corrected chi connectivity index (χ2v) is 8.92. The van der Waals surface area contributed by atoms with Gasteiger partial charge in [0.15, 0.2) is 5.78 Å². The summed E-state index contributed by atoms with van der Waals surface area (Å²) in [6.07, 6.45) is 1.000. The summed E-state index contributed by atoms with van der Waals surface area (Å²) in [7, 11) is -3.24. The first-order chi connectivity index (χ1) is 13.0. The molecule has 0 N–H and O–H groups in total. The molecule has 0 aliphatic carbocycles. The van der Waals surface area contributed by atoms with Gasteiger partial charge in [0.1, 0.15) is 0 Å². The van der Waals surface area contributed by atoms with Crippen LogP contribution in [0.3, 0.4) is 0 Å². The van der Waals surface area contributed by atoms with Crippen molar-refractivity contribution in [2.45, 2.75) is 12.8 Å². The zero-order chi connectivity index (χ0) is 19.1. The summed E-state index contributed by atoms with van der Waals surface area (Å²) in [5.74, 6) is 0.275. The fourth-order valence-corrected chi connectivity index (χ4v) is 4.75. The zero-order valence-electron chi connectivity index (χ0n) is 15.5. The number of aryl methyl sites for hydroxylation is 1. The molecule has 144 valence electrons. The van der Waals surface area contributed by atoms with Crippen LogP contribution < -0.4 is 0 Å². The summed E-state index contributed by atoms with van der Waals surface area (Å²) in [4.78, 5) is 14.4. The molecule has 0 amide bonds. The lowest BCUT2D eigenvalue weighted by Gasteiger charge is -2.33. The van der Waals surface area contributed by atoms with Crippen LogP contribution in [-0.4, -0.2) is 61.9 Å². The molecule has 2 aromatic rings. The van der Waals surface area contributed by atoms with Gasteiger partial charge in [-0.3, -0.25) is 4.79 Å². The molecule has 1 saturated heterocycles. The van der Waals surface area contributed by atoms with Gasteiger partial charge in [-0.25, -0.2) is 8.42 Å². The van der Waals surface area contributed by atoms with Gasteiger partial charge in [-0.2, -0.15) is 4.31 Å². The molecule has 0 atom stereocenters. The van der Waals surface area contributed by atoms with Crippen molar-refractivity contribution in [1.29, 1.82) is 0 Å². The second-order valence-electron chi connectivity index (χ2n) is 6.83. The van der Waals surface area contributed by atoms with Gasteiger partial charge in [0, 0.05) is 44.7 Å². The van der Waals surface area contributed by atoms with Crippen LogP contribution in [0, 0.1) is 0 Å². The fraction of sp³-hybridized carbons (Fsp3) is 0.381. The van der Waals surface area contributed by atoms with Crippen LogP contribution in [0.4, 0.5) is 0 Å². The molecule has 0 spiro atoms. The van der Waals surface area contributed by atoms with Gasteiger partial charge in [-0.15, -0.1) is 0 Å². The van der Waals surface area contributed by atoms with E-state index in [0.717, 1.165) is 11.1 Å². The van der Waals surface area contributed by atoms with Crippen molar-refractivity contribution in [3.8, 4) is 0 Å². The monoisotopic (exact) mass is 386 g/mol. The van der Waals surface area contributed by atoms with Crippen LogP contribution >= 0.6 is 0 Å². The quantitative estimate of drug-likeness (QED) is 0.654. The van der Waals surface area contributed by atoms with Crippen molar-refractivity contribution in [1.82, 2.24) is 9.21 Å². The third-order valence-corrected chi connectivity index (χ3v) is 6.84. The minimum Gasteiger partial charge on any atom is -0.300 e. The Kier molecular flexibility index (Phi) is 6.77. The Hall–Kier alpha value is -2.02. The van der Waals surface area contributed by atoms with E-state index in [1.165, 1.54) is 0 Å². The number of rotatable bonds is 8. The molecular formula is C21H26N2O3S. The SMILES string of the molecule is O=C(CCN1CCN(S(=O)(=O)CCc2ccccc2)CC1)c1ccccc1. The first-order valence-electron chi connectivity index (χ1n) is 9.37. The molecule has 27 heavy (non-hydrogen) atoms. The first-order valence-corrected chi connectivity index (χ1v) is 11.0. The van der Waals surface area contributed by atoms with E-state index in [1.54, 1.807) is 4.31 Å². The normalized spacial score (nSPS) is 16.3. The van der Waals surface area contributed by atoms with Crippen LogP contribution in [0.5, 0.6) is 0 Å². The van der Waals surface area contributed by atoms with E-state index in [9.17, 15) is 13.2 Å². The van der Waals surface area contributed by atoms with Gasteiger partial charge in [0.05, 0.1) is 5.75 Å². The van der Waals surface area contributed by atoms with E-state index < -0.39 is 10.0 Å². The molecule has 6 heteroatoms. The number of hydrogen-bond acceptors (Lipinski definition) is 4. The van der Waals surface area contributed by atoms with Crippen LogP contribution in [0.15, 0.2) is 60.7 Å². The average molecular weight is 387 g/mol. The zero-order valence-corrected chi connectivity index (χ0v) is 16.3. The number of ketones is 1. The minimum absolute atomic E-state index is 0.133. The Morgan fingerprint density at radius 2 is 1.44 bits per heavy atom. The number of Topliss-reactive ketones (excluding diaryl/α,β-unsaturated/α-hetero) is 1. The molecular weight excluding hydrogens is 360 g/mol. The largest absolute Gasteiger partial charge is 0.300 e. The topological polar surface area (TPSA) is 57.7 Å².